The number of amides is 1. The number of nitrogens with one attached hydrogen (secondary N) is 2. The number of aromatic nitrogens is 5. The maximum absolute atomic E-state index is 11.9. The fourth-order valence-electron chi connectivity index (χ4n) is 1.98. The fourth-order valence-corrected chi connectivity index (χ4v) is 2.85. The lowest BCUT2D eigenvalue weighted by atomic mass is 10.2. The number of aryl methyl sites for hydroxylation is 2. The lowest BCUT2D eigenvalue weighted by Crippen LogP contribution is -2.12. The van der Waals surface area contributed by atoms with Crippen LogP contribution < -0.4 is 5.32 Å². The normalized spacial score (nSPS) is 10.8. The van der Waals surface area contributed by atoms with Gasteiger partial charge in [0.05, 0.1) is 5.75 Å². The molecule has 0 saturated heterocycles. The summed E-state index contributed by atoms with van der Waals surface area (Å²) in [4.78, 5) is 20.4. The lowest BCUT2D eigenvalue weighted by molar-refractivity contribution is -0.116. The quantitative estimate of drug-likeness (QED) is 0.608. The highest BCUT2D eigenvalue weighted by molar-refractivity contribution is 7.98. The van der Waals surface area contributed by atoms with Gasteiger partial charge in [-0.25, -0.2) is 4.98 Å². The minimum atomic E-state index is -0.146. The Bertz CT molecular complexity index is 865. The summed E-state index contributed by atoms with van der Waals surface area (Å²) < 4.78 is 5.15. The molecule has 0 bridgehead atoms. The zero-order valence-electron chi connectivity index (χ0n) is 13.3. The van der Waals surface area contributed by atoms with Crippen LogP contribution in [0.2, 0.25) is 5.02 Å². The van der Waals surface area contributed by atoms with Crippen molar-refractivity contribution in [3.8, 4) is 0 Å². The molecule has 8 nitrogen and oxygen atoms in total. The number of nitrogens with zero attached hydrogens (tertiary/aromatic N) is 4. The van der Waals surface area contributed by atoms with Gasteiger partial charge in [0.2, 0.25) is 17.0 Å². The summed E-state index contributed by atoms with van der Waals surface area (Å²) in [5, 5.41) is 14.6. The van der Waals surface area contributed by atoms with Crippen LogP contribution in [0.5, 0.6) is 0 Å². The standard InChI is InChI=1S/C15H15ClN6O2S/c1-9-17-15(21-20-9)25-8-12-19-14(24-22-12)6-5-13(23)18-11-4-2-3-10(16)7-11/h2-4,7H,5-6,8H2,1H3,(H,18,23)(H,17,20,21). The van der Waals surface area contributed by atoms with E-state index in [1.165, 1.54) is 11.8 Å². The van der Waals surface area contributed by atoms with Gasteiger partial charge in [0.15, 0.2) is 5.82 Å². The van der Waals surface area contributed by atoms with Gasteiger partial charge in [-0.05, 0) is 25.1 Å². The number of thioether (sulfide) groups is 1. The highest BCUT2D eigenvalue weighted by Gasteiger charge is 2.11. The maximum atomic E-state index is 11.9. The Hall–Kier alpha value is -2.39. The molecule has 0 radical (unpaired) electrons. The number of aromatic amines is 1. The lowest BCUT2D eigenvalue weighted by Gasteiger charge is -2.04. The van der Waals surface area contributed by atoms with Crippen LogP contribution in [0.1, 0.15) is 24.0 Å². The third kappa shape index (κ3) is 5.30. The first-order chi connectivity index (χ1) is 12.1. The molecular weight excluding hydrogens is 364 g/mol. The Morgan fingerprint density at radius 2 is 2.28 bits per heavy atom. The molecule has 1 amide bonds. The van der Waals surface area contributed by atoms with Crippen molar-refractivity contribution in [1.82, 2.24) is 25.3 Å². The molecule has 0 fully saturated rings. The maximum Gasteiger partial charge on any atom is 0.227 e. The molecule has 25 heavy (non-hydrogen) atoms. The van der Waals surface area contributed by atoms with Crippen LogP contribution >= 0.6 is 23.4 Å². The van der Waals surface area contributed by atoms with Gasteiger partial charge >= 0.3 is 0 Å². The molecule has 2 N–H and O–H groups in total. The Morgan fingerprint density at radius 1 is 1.40 bits per heavy atom. The van der Waals surface area contributed by atoms with E-state index in [1.807, 2.05) is 6.92 Å². The van der Waals surface area contributed by atoms with Gasteiger partial charge in [0, 0.05) is 23.6 Å². The molecular formula is C15H15ClN6O2S. The van der Waals surface area contributed by atoms with Crippen molar-refractivity contribution in [2.24, 2.45) is 0 Å². The SMILES string of the molecule is Cc1nc(SCc2noc(CCC(=O)Nc3cccc(Cl)c3)n2)n[nH]1. The number of H-pyrrole nitrogens is 1. The molecule has 130 valence electrons. The van der Waals surface area contributed by atoms with E-state index in [2.05, 4.69) is 30.6 Å². The second-order valence-corrected chi connectivity index (χ2v) is 6.53. The van der Waals surface area contributed by atoms with E-state index < -0.39 is 0 Å². The summed E-state index contributed by atoms with van der Waals surface area (Å²) in [5.74, 6) is 2.06. The minimum Gasteiger partial charge on any atom is -0.339 e. The van der Waals surface area contributed by atoms with E-state index >= 15 is 0 Å². The number of hydrogen-bond acceptors (Lipinski definition) is 7. The van der Waals surface area contributed by atoms with Gasteiger partial charge in [-0.1, -0.05) is 34.6 Å². The molecule has 0 aliphatic heterocycles. The molecule has 3 aromatic rings. The zero-order chi connectivity index (χ0) is 17.6. The smallest absolute Gasteiger partial charge is 0.227 e. The number of benzene rings is 1. The Kier molecular flexibility index (Phi) is 5.67. The van der Waals surface area contributed by atoms with Crippen molar-refractivity contribution in [1.29, 1.82) is 0 Å². The topological polar surface area (TPSA) is 110 Å². The van der Waals surface area contributed by atoms with Crippen LogP contribution in [0.3, 0.4) is 0 Å². The van der Waals surface area contributed by atoms with Crippen LogP contribution in [-0.4, -0.2) is 31.2 Å². The van der Waals surface area contributed by atoms with Gasteiger partial charge in [0.1, 0.15) is 5.82 Å². The predicted molar refractivity (Wildman–Crippen MR) is 93.4 cm³/mol. The Balaban J connectivity index is 1.45. The predicted octanol–water partition coefficient (Wildman–Crippen LogP) is 3.01. The van der Waals surface area contributed by atoms with E-state index in [9.17, 15) is 4.79 Å². The molecule has 3 rings (SSSR count). The van der Waals surface area contributed by atoms with Crippen LogP contribution in [0, 0.1) is 6.92 Å². The summed E-state index contributed by atoms with van der Waals surface area (Å²) in [7, 11) is 0. The summed E-state index contributed by atoms with van der Waals surface area (Å²) in [6.45, 7) is 1.83. The number of carbonyl (C=O) groups is 1. The zero-order valence-corrected chi connectivity index (χ0v) is 14.9. The molecule has 0 atom stereocenters. The number of carbonyl (C=O) groups excluding carboxylic acids is 1. The van der Waals surface area contributed by atoms with E-state index in [0.717, 1.165) is 5.82 Å². The van der Waals surface area contributed by atoms with Crippen molar-refractivity contribution in [3.63, 3.8) is 0 Å². The fraction of sp³-hybridized carbons (Fsp3) is 0.267. The van der Waals surface area contributed by atoms with Crippen LogP contribution in [0.15, 0.2) is 33.9 Å². The molecule has 0 unspecified atom stereocenters. The molecule has 10 heteroatoms. The number of halogens is 1. The largest absolute Gasteiger partial charge is 0.339 e. The molecule has 2 heterocycles. The second kappa shape index (κ2) is 8.13. The van der Waals surface area contributed by atoms with Crippen molar-refractivity contribution in [2.45, 2.75) is 30.7 Å². The van der Waals surface area contributed by atoms with Crippen LogP contribution in [0.4, 0.5) is 5.69 Å². The summed E-state index contributed by atoms with van der Waals surface area (Å²) in [6.07, 6.45) is 0.602. The van der Waals surface area contributed by atoms with Crippen molar-refractivity contribution in [2.75, 3.05) is 5.32 Å². The molecule has 0 aliphatic rings. The third-order valence-corrected chi connectivity index (χ3v) is 4.17. The molecule has 0 aliphatic carbocycles. The van der Waals surface area contributed by atoms with E-state index in [0.29, 0.717) is 39.8 Å². The van der Waals surface area contributed by atoms with Crippen molar-refractivity contribution < 1.29 is 9.32 Å². The number of anilines is 1. The second-order valence-electron chi connectivity index (χ2n) is 5.15. The summed E-state index contributed by atoms with van der Waals surface area (Å²) in [6, 6.07) is 6.98. The van der Waals surface area contributed by atoms with Crippen LogP contribution in [-0.2, 0) is 17.0 Å². The highest BCUT2D eigenvalue weighted by atomic mass is 35.5. The van der Waals surface area contributed by atoms with E-state index in [4.69, 9.17) is 16.1 Å². The summed E-state index contributed by atoms with van der Waals surface area (Å²) in [5.41, 5.74) is 0.655. The molecule has 0 saturated carbocycles. The first-order valence-electron chi connectivity index (χ1n) is 7.47. The van der Waals surface area contributed by atoms with Gasteiger partial charge in [-0.2, -0.15) is 4.98 Å². The summed E-state index contributed by atoms with van der Waals surface area (Å²) >= 11 is 7.29. The first-order valence-corrected chi connectivity index (χ1v) is 8.83. The van der Waals surface area contributed by atoms with E-state index in [-0.39, 0.29) is 12.3 Å². The van der Waals surface area contributed by atoms with Gasteiger partial charge < -0.3 is 9.84 Å². The number of rotatable bonds is 7. The van der Waals surface area contributed by atoms with Gasteiger partial charge in [-0.15, -0.1) is 5.10 Å². The third-order valence-electron chi connectivity index (χ3n) is 3.09. The average molecular weight is 379 g/mol. The number of hydrogen-bond donors (Lipinski definition) is 2. The Morgan fingerprint density at radius 3 is 3.04 bits per heavy atom. The van der Waals surface area contributed by atoms with Crippen molar-refractivity contribution >= 4 is 35.0 Å². The van der Waals surface area contributed by atoms with Crippen LogP contribution in [0.25, 0.3) is 0 Å². The molecule has 0 spiro atoms. The van der Waals surface area contributed by atoms with Gasteiger partial charge in [-0.3, -0.25) is 9.89 Å². The van der Waals surface area contributed by atoms with Crippen molar-refractivity contribution in [3.05, 3.63) is 46.8 Å². The van der Waals surface area contributed by atoms with Gasteiger partial charge in [0.25, 0.3) is 0 Å². The molecule has 1 aromatic carbocycles. The molecule has 2 aromatic heterocycles. The monoisotopic (exact) mass is 378 g/mol. The first kappa shape index (κ1) is 17.4. The van der Waals surface area contributed by atoms with E-state index in [1.54, 1.807) is 24.3 Å². The average Bonchev–Trinajstić information content (AvgIpc) is 3.20. The Labute approximate surface area is 152 Å². The highest BCUT2D eigenvalue weighted by Crippen LogP contribution is 2.18. The minimum absolute atomic E-state index is 0.146.